The van der Waals surface area contributed by atoms with Crippen LogP contribution in [0.2, 0.25) is 0 Å². The summed E-state index contributed by atoms with van der Waals surface area (Å²) in [6, 6.07) is 122. The minimum atomic E-state index is 0.507. The summed E-state index contributed by atoms with van der Waals surface area (Å²) in [6.07, 6.45) is 1.91. The van der Waals surface area contributed by atoms with Gasteiger partial charge in [0.2, 0.25) is 11.8 Å². The predicted octanol–water partition coefficient (Wildman–Crippen LogP) is 24.2. The minimum absolute atomic E-state index is 0.507. The Kier molecular flexibility index (Phi) is 15.5. The van der Waals surface area contributed by atoms with Gasteiger partial charge in [-0.05, 0) is 162 Å². The molecular formula is C91H59N5O2. The van der Waals surface area contributed by atoms with Gasteiger partial charge in [-0.3, -0.25) is 4.98 Å². The van der Waals surface area contributed by atoms with Crippen molar-refractivity contribution in [3.8, 4) is 135 Å². The molecule has 18 rings (SSSR count). The lowest BCUT2D eigenvalue weighted by molar-refractivity contribution is 0.617. The lowest BCUT2D eigenvalue weighted by Gasteiger charge is -2.13. The van der Waals surface area contributed by atoms with Crippen molar-refractivity contribution in [2.75, 3.05) is 0 Å². The standard InChI is InChI=1S/C46H30N2O.C45H29N3O/c1-3-9-31(10-4-1)33-15-17-35(18-16-33)39-27-28-42-41(29-39)40(30-44(47-42)37-23-19-34(20-24-37)32-11-5-2-6-12-32)36-21-25-38(26-22-36)46-48-43-13-7-8-14-45(43)49-46;1-3-9-30(10-4-1)32-15-17-34(18-16-32)36-23-25-40-39(27-36)38(28-43(47-40)35-21-19-33(20-22-35)31-11-5-2-6-12-31)37-24-26-42(46-29-37)45-48-41-13-7-8-14-44(41)49-45/h1-30H;1-29H. The lowest BCUT2D eigenvalue weighted by Crippen LogP contribution is -1.92. The largest absolute Gasteiger partial charge is 0.436 e. The fraction of sp³-hybridized carbons (Fsp3) is 0. The Morgan fingerprint density at radius 1 is 0.184 bits per heavy atom. The Bertz CT molecular complexity index is 5410. The highest BCUT2D eigenvalue weighted by Gasteiger charge is 2.18. The maximum absolute atomic E-state index is 6.07. The number of hydrogen-bond donors (Lipinski definition) is 0. The Balaban J connectivity index is 0.000000147. The van der Waals surface area contributed by atoms with Gasteiger partial charge in [0.1, 0.15) is 16.7 Å². The SMILES string of the molecule is c1ccc(-c2ccc(-c3ccc4nc(-c5ccc(-c6ccccc6)cc5)cc(-c5ccc(-c6nc7ccccc7o6)cc5)c4c3)cc2)cc1.c1ccc(-c2ccc(-c3ccc4nc(-c5ccc(-c6ccccc6)cc5)cc(-c5ccc(-c6nc7ccccc7o6)nc5)c4c3)cc2)cc1. The summed E-state index contributed by atoms with van der Waals surface area (Å²) in [4.78, 5) is 24.5. The van der Waals surface area contributed by atoms with Gasteiger partial charge in [0.25, 0.3) is 0 Å². The Morgan fingerprint density at radius 2 is 0.490 bits per heavy atom. The fourth-order valence-corrected chi connectivity index (χ4v) is 12.9. The topological polar surface area (TPSA) is 90.7 Å². The third-order valence-electron chi connectivity index (χ3n) is 18.2. The molecule has 0 amide bonds. The first-order valence-corrected chi connectivity index (χ1v) is 32.8. The number of rotatable bonds is 12. The zero-order valence-corrected chi connectivity index (χ0v) is 53.1. The van der Waals surface area contributed by atoms with Gasteiger partial charge in [-0.25, -0.2) is 19.9 Å². The zero-order chi connectivity index (χ0) is 65.1. The molecule has 0 N–H and O–H groups in total. The van der Waals surface area contributed by atoms with Crippen LogP contribution in [0.5, 0.6) is 0 Å². The number of nitrogens with zero attached hydrogens (tertiary/aromatic N) is 5. The van der Waals surface area contributed by atoms with Gasteiger partial charge in [0, 0.05) is 39.2 Å². The van der Waals surface area contributed by atoms with E-state index in [0.717, 1.165) is 111 Å². The lowest BCUT2D eigenvalue weighted by atomic mass is 9.94. The van der Waals surface area contributed by atoms with Crippen molar-refractivity contribution in [2.45, 2.75) is 0 Å². The molecule has 0 aliphatic carbocycles. The van der Waals surface area contributed by atoms with Crippen molar-refractivity contribution in [3.63, 3.8) is 0 Å². The second kappa shape index (κ2) is 25.9. The van der Waals surface area contributed by atoms with Crippen LogP contribution in [0.4, 0.5) is 0 Å². The summed E-state index contributed by atoms with van der Waals surface area (Å²) >= 11 is 0. The Morgan fingerprint density at radius 3 is 0.888 bits per heavy atom. The molecule has 13 aromatic carbocycles. The number of fused-ring (bicyclic) bond motifs is 4. The van der Waals surface area contributed by atoms with Crippen LogP contribution in [-0.2, 0) is 0 Å². The molecule has 0 fully saturated rings. The molecule has 460 valence electrons. The van der Waals surface area contributed by atoms with Crippen LogP contribution in [0.15, 0.2) is 367 Å². The van der Waals surface area contributed by atoms with E-state index in [9.17, 15) is 0 Å². The second-order valence-corrected chi connectivity index (χ2v) is 24.3. The summed E-state index contributed by atoms with van der Waals surface area (Å²) in [5, 5.41) is 2.16. The number of pyridine rings is 3. The molecule has 7 heteroatoms. The van der Waals surface area contributed by atoms with Crippen molar-refractivity contribution in [3.05, 3.63) is 358 Å². The summed E-state index contributed by atoms with van der Waals surface area (Å²) < 4.78 is 12.1. The molecule has 5 aromatic heterocycles. The predicted molar refractivity (Wildman–Crippen MR) is 402 cm³/mol. The van der Waals surface area contributed by atoms with E-state index in [1.54, 1.807) is 0 Å². The van der Waals surface area contributed by atoms with E-state index in [0.29, 0.717) is 17.5 Å². The van der Waals surface area contributed by atoms with Gasteiger partial charge in [-0.2, -0.15) is 0 Å². The van der Waals surface area contributed by atoms with Gasteiger partial charge >= 0.3 is 0 Å². The van der Waals surface area contributed by atoms with Crippen molar-refractivity contribution >= 4 is 44.0 Å². The highest BCUT2D eigenvalue weighted by atomic mass is 16.4. The van der Waals surface area contributed by atoms with E-state index in [1.165, 1.54) is 50.1 Å². The Hall–Kier alpha value is -13.2. The molecule has 0 radical (unpaired) electrons. The molecule has 18 aromatic rings. The molecule has 0 unspecified atom stereocenters. The third-order valence-corrected chi connectivity index (χ3v) is 18.2. The second-order valence-electron chi connectivity index (χ2n) is 24.3. The van der Waals surface area contributed by atoms with Crippen molar-refractivity contribution in [1.29, 1.82) is 0 Å². The highest BCUT2D eigenvalue weighted by Crippen LogP contribution is 2.40. The highest BCUT2D eigenvalue weighted by molar-refractivity contribution is 6.01. The maximum atomic E-state index is 6.07. The quantitative estimate of drug-likeness (QED) is 0.120. The van der Waals surface area contributed by atoms with E-state index in [-0.39, 0.29) is 0 Å². The fourth-order valence-electron chi connectivity index (χ4n) is 12.9. The van der Waals surface area contributed by atoms with Crippen molar-refractivity contribution < 1.29 is 8.83 Å². The molecule has 0 saturated carbocycles. The number of benzene rings is 13. The summed E-state index contributed by atoms with van der Waals surface area (Å²) in [5.74, 6) is 1.13. The van der Waals surface area contributed by atoms with Gasteiger partial charge in [0.15, 0.2) is 11.2 Å². The van der Waals surface area contributed by atoms with Crippen LogP contribution < -0.4 is 0 Å². The maximum Gasteiger partial charge on any atom is 0.246 e. The first kappa shape index (κ1) is 58.6. The normalized spacial score (nSPS) is 11.3. The average Bonchev–Trinajstić information content (AvgIpc) is 1.18. The summed E-state index contributed by atoms with van der Waals surface area (Å²) in [5.41, 5.74) is 29.1. The zero-order valence-electron chi connectivity index (χ0n) is 53.1. The van der Waals surface area contributed by atoms with Crippen LogP contribution in [-0.4, -0.2) is 24.9 Å². The monoisotopic (exact) mass is 1250 g/mol. The molecule has 0 atom stereocenters. The number of para-hydroxylation sites is 4. The first-order chi connectivity index (χ1) is 48.5. The molecule has 5 heterocycles. The van der Waals surface area contributed by atoms with Gasteiger partial charge in [-0.1, -0.05) is 273 Å². The molecule has 0 aliphatic heterocycles. The van der Waals surface area contributed by atoms with E-state index >= 15 is 0 Å². The van der Waals surface area contributed by atoms with E-state index in [4.69, 9.17) is 28.8 Å². The van der Waals surface area contributed by atoms with Crippen LogP contribution in [0.3, 0.4) is 0 Å². The number of hydrogen-bond acceptors (Lipinski definition) is 7. The van der Waals surface area contributed by atoms with Crippen LogP contribution in [0, 0.1) is 0 Å². The van der Waals surface area contributed by atoms with Gasteiger partial charge in [-0.15, -0.1) is 0 Å². The van der Waals surface area contributed by atoms with E-state index in [2.05, 4.69) is 278 Å². The van der Waals surface area contributed by atoms with Gasteiger partial charge < -0.3 is 8.83 Å². The molecule has 0 bridgehead atoms. The molecule has 7 nitrogen and oxygen atoms in total. The third kappa shape index (κ3) is 12.0. The number of oxazole rings is 2. The van der Waals surface area contributed by atoms with Crippen LogP contribution in [0.25, 0.3) is 179 Å². The van der Waals surface area contributed by atoms with E-state index in [1.807, 2.05) is 85.1 Å². The van der Waals surface area contributed by atoms with Gasteiger partial charge in [0.05, 0.1) is 22.4 Å². The average molecular weight is 1250 g/mol. The van der Waals surface area contributed by atoms with Crippen molar-refractivity contribution in [1.82, 2.24) is 24.9 Å². The van der Waals surface area contributed by atoms with Crippen molar-refractivity contribution in [2.24, 2.45) is 0 Å². The van der Waals surface area contributed by atoms with Crippen LogP contribution >= 0.6 is 0 Å². The molecule has 0 saturated heterocycles. The molecular weight excluding hydrogens is 1200 g/mol. The molecule has 0 aliphatic rings. The summed E-state index contributed by atoms with van der Waals surface area (Å²) in [7, 11) is 0. The Labute approximate surface area is 567 Å². The summed E-state index contributed by atoms with van der Waals surface area (Å²) in [6.45, 7) is 0. The molecule has 0 spiro atoms. The minimum Gasteiger partial charge on any atom is -0.436 e. The van der Waals surface area contributed by atoms with E-state index < -0.39 is 0 Å². The number of aromatic nitrogens is 5. The van der Waals surface area contributed by atoms with Crippen LogP contribution in [0.1, 0.15) is 0 Å². The molecule has 98 heavy (non-hydrogen) atoms. The smallest absolute Gasteiger partial charge is 0.246 e. The first-order valence-electron chi connectivity index (χ1n) is 32.8.